The van der Waals surface area contributed by atoms with Crippen molar-refractivity contribution >= 4 is 23.9 Å². The Morgan fingerprint density at radius 3 is 1.87 bits per heavy atom. The molecule has 0 aliphatic heterocycles. The van der Waals surface area contributed by atoms with Gasteiger partial charge in [-0.15, -0.1) is 0 Å². The van der Waals surface area contributed by atoms with Gasteiger partial charge in [-0.05, 0) is 0 Å². The lowest BCUT2D eigenvalue weighted by Crippen LogP contribution is -2.16. The SMILES string of the molecule is C=C(CC(=O)OC(C)=O)C(=O)OC(C)=O. The van der Waals surface area contributed by atoms with E-state index in [4.69, 9.17) is 0 Å². The van der Waals surface area contributed by atoms with E-state index in [9.17, 15) is 19.2 Å². The van der Waals surface area contributed by atoms with E-state index in [1.54, 1.807) is 0 Å². The van der Waals surface area contributed by atoms with E-state index in [1.807, 2.05) is 0 Å². The second kappa shape index (κ2) is 5.69. The molecule has 0 aliphatic carbocycles. The fraction of sp³-hybridized carbons (Fsp3) is 0.333. The number of carbonyl (C=O) groups excluding carboxylic acids is 4. The molecule has 0 aromatic carbocycles. The molecule has 0 amide bonds. The van der Waals surface area contributed by atoms with Crippen molar-refractivity contribution in [3.63, 3.8) is 0 Å². The van der Waals surface area contributed by atoms with Crippen LogP contribution in [0.4, 0.5) is 0 Å². The molecule has 0 bridgehead atoms. The summed E-state index contributed by atoms with van der Waals surface area (Å²) in [7, 11) is 0. The van der Waals surface area contributed by atoms with Gasteiger partial charge in [-0.3, -0.25) is 14.4 Å². The third-order valence-corrected chi connectivity index (χ3v) is 1.14. The summed E-state index contributed by atoms with van der Waals surface area (Å²) in [5.74, 6) is -3.52. The normalized spacial score (nSPS) is 8.93. The zero-order valence-corrected chi connectivity index (χ0v) is 8.36. The Labute approximate surface area is 85.8 Å². The molecule has 0 aromatic rings. The second-order valence-corrected chi connectivity index (χ2v) is 2.63. The second-order valence-electron chi connectivity index (χ2n) is 2.63. The van der Waals surface area contributed by atoms with Crippen LogP contribution in [-0.4, -0.2) is 23.9 Å². The van der Waals surface area contributed by atoms with Gasteiger partial charge in [0, 0.05) is 19.4 Å². The van der Waals surface area contributed by atoms with Crippen molar-refractivity contribution in [2.24, 2.45) is 0 Å². The third kappa shape index (κ3) is 6.14. The summed E-state index contributed by atoms with van der Waals surface area (Å²) in [4.78, 5) is 42.5. The number of esters is 4. The molecule has 0 unspecified atom stereocenters. The largest absolute Gasteiger partial charge is 0.393 e. The van der Waals surface area contributed by atoms with Crippen LogP contribution < -0.4 is 0 Å². The monoisotopic (exact) mass is 214 g/mol. The lowest BCUT2D eigenvalue weighted by Gasteiger charge is -2.02. The van der Waals surface area contributed by atoms with E-state index in [1.165, 1.54) is 0 Å². The van der Waals surface area contributed by atoms with E-state index in [0.717, 1.165) is 13.8 Å². The van der Waals surface area contributed by atoms with Gasteiger partial charge < -0.3 is 9.47 Å². The van der Waals surface area contributed by atoms with Crippen LogP contribution >= 0.6 is 0 Å². The average Bonchev–Trinajstić information content (AvgIpc) is 2.00. The topological polar surface area (TPSA) is 86.7 Å². The molecule has 0 N–H and O–H groups in total. The Hall–Kier alpha value is -1.98. The van der Waals surface area contributed by atoms with Gasteiger partial charge in [-0.25, -0.2) is 4.79 Å². The molecule has 0 aliphatic rings. The molecule has 15 heavy (non-hydrogen) atoms. The fourth-order valence-corrected chi connectivity index (χ4v) is 0.646. The van der Waals surface area contributed by atoms with Crippen LogP contribution in [0.5, 0.6) is 0 Å². The van der Waals surface area contributed by atoms with Crippen LogP contribution in [0.15, 0.2) is 12.2 Å². The lowest BCUT2D eigenvalue weighted by atomic mass is 10.2. The van der Waals surface area contributed by atoms with Crippen LogP contribution in [0, 0.1) is 0 Å². The van der Waals surface area contributed by atoms with E-state index in [2.05, 4.69) is 16.1 Å². The average molecular weight is 214 g/mol. The molecule has 0 aromatic heterocycles. The predicted octanol–water partition coefficient (Wildman–Crippen LogP) is 0.112. The highest BCUT2D eigenvalue weighted by Gasteiger charge is 2.16. The van der Waals surface area contributed by atoms with Gasteiger partial charge in [0.15, 0.2) is 0 Å². The first-order chi connectivity index (χ1) is 6.82. The Morgan fingerprint density at radius 2 is 1.47 bits per heavy atom. The highest BCUT2D eigenvalue weighted by Crippen LogP contribution is 2.03. The molecular weight excluding hydrogens is 204 g/mol. The summed E-state index contributed by atoms with van der Waals surface area (Å²) in [6.45, 7) is 5.31. The van der Waals surface area contributed by atoms with Gasteiger partial charge in [0.2, 0.25) is 0 Å². The minimum atomic E-state index is -1.01. The number of carbonyl (C=O) groups is 4. The summed E-state index contributed by atoms with van der Waals surface area (Å²) >= 11 is 0. The zero-order chi connectivity index (χ0) is 12.0. The summed E-state index contributed by atoms with van der Waals surface area (Å²) in [6, 6.07) is 0. The quantitative estimate of drug-likeness (QED) is 0.376. The number of hydrogen-bond acceptors (Lipinski definition) is 6. The minimum Gasteiger partial charge on any atom is -0.393 e. The van der Waals surface area contributed by atoms with Crippen molar-refractivity contribution in [3.05, 3.63) is 12.2 Å². The van der Waals surface area contributed by atoms with Crippen molar-refractivity contribution in [2.45, 2.75) is 20.3 Å². The van der Waals surface area contributed by atoms with Gasteiger partial charge in [-0.1, -0.05) is 6.58 Å². The molecule has 0 radical (unpaired) electrons. The van der Waals surface area contributed by atoms with Crippen LogP contribution in [0.25, 0.3) is 0 Å². The number of hydrogen-bond donors (Lipinski definition) is 0. The highest BCUT2D eigenvalue weighted by atomic mass is 16.6. The molecule has 0 fully saturated rings. The van der Waals surface area contributed by atoms with Crippen LogP contribution in [-0.2, 0) is 28.7 Å². The highest BCUT2D eigenvalue weighted by molar-refractivity contribution is 5.99. The molecule has 0 saturated heterocycles. The van der Waals surface area contributed by atoms with E-state index in [0.29, 0.717) is 0 Å². The molecule has 0 heterocycles. The molecule has 0 spiro atoms. The Bertz CT molecular complexity index is 327. The minimum absolute atomic E-state index is 0.253. The van der Waals surface area contributed by atoms with Crippen molar-refractivity contribution < 1.29 is 28.7 Å². The Balaban J connectivity index is 4.13. The molecule has 6 nitrogen and oxygen atoms in total. The molecule has 0 rings (SSSR count). The maximum absolute atomic E-state index is 10.9. The van der Waals surface area contributed by atoms with Crippen molar-refractivity contribution in [1.29, 1.82) is 0 Å². The van der Waals surface area contributed by atoms with Gasteiger partial charge in [0.1, 0.15) is 0 Å². The maximum Gasteiger partial charge on any atom is 0.341 e. The molecule has 82 valence electrons. The van der Waals surface area contributed by atoms with Crippen LogP contribution in [0.1, 0.15) is 20.3 Å². The summed E-state index contributed by atoms with van der Waals surface area (Å²) in [6.07, 6.45) is -0.494. The number of rotatable bonds is 3. The van der Waals surface area contributed by atoms with E-state index >= 15 is 0 Å². The first-order valence-electron chi connectivity index (χ1n) is 3.94. The summed E-state index contributed by atoms with van der Waals surface area (Å²) in [5.41, 5.74) is -0.253. The van der Waals surface area contributed by atoms with Crippen LogP contribution in [0.2, 0.25) is 0 Å². The summed E-state index contributed by atoms with van der Waals surface area (Å²) in [5, 5.41) is 0. The Morgan fingerprint density at radius 1 is 1.00 bits per heavy atom. The molecular formula is C9H10O6. The first kappa shape index (κ1) is 13.0. The van der Waals surface area contributed by atoms with Crippen molar-refractivity contribution in [3.8, 4) is 0 Å². The summed E-state index contributed by atoms with van der Waals surface area (Å²) < 4.78 is 8.29. The fourth-order valence-electron chi connectivity index (χ4n) is 0.646. The van der Waals surface area contributed by atoms with Crippen LogP contribution in [0.3, 0.4) is 0 Å². The molecule has 6 heteroatoms. The first-order valence-corrected chi connectivity index (χ1v) is 3.94. The predicted molar refractivity (Wildman–Crippen MR) is 47.3 cm³/mol. The van der Waals surface area contributed by atoms with Crippen molar-refractivity contribution in [1.82, 2.24) is 0 Å². The standard InChI is InChI=1S/C9H10O6/c1-5(9(13)15-7(3)11)4-8(12)14-6(2)10/h1,4H2,2-3H3. The zero-order valence-electron chi connectivity index (χ0n) is 8.36. The van der Waals surface area contributed by atoms with Gasteiger partial charge in [0.05, 0.1) is 6.42 Å². The van der Waals surface area contributed by atoms with Gasteiger partial charge in [-0.2, -0.15) is 0 Å². The maximum atomic E-state index is 10.9. The third-order valence-electron chi connectivity index (χ3n) is 1.14. The van der Waals surface area contributed by atoms with Gasteiger partial charge >= 0.3 is 23.9 Å². The molecule has 0 atom stereocenters. The van der Waals surface area contributed by atoms with E-state index < -0.39 is 30.3 Å². The number of ether oxygens (including phenoxy) is 2. The van der Waals surface area contributed by atoms with Crippen molar-refractivity contribution in [2.75, 3.05) is 0 Å². The lowest BCUT2D eigenvalue weighted by molar-refractivity contribution is -0.160. The Kier molecular flexibility index (Phi) is 4.94. The van der Waals surface area contributed by atoms with Gasteiger partial charge in [0.25, 0.3) is 0 Å². The molecule has 0 saturated carbocycles. The smallest absolute Gasteiger partial charge is 0.341 e. The van der Waals surface area contributed by atoms with E-state index in [-0.39, 0.29) is 5.57 Å².